The van der Waals surface area contributed by atoms with Crippen LogP contribution in [0.4, 0.5) is 0 Å². The molecule has 1 aliphatic heterocycles. The van der Waals surface area contributed by atoms with E-state index in [1.54, 1.807) is 7.11 Å². The summed E-state index contributed by atoms with van der Waals surface area (Å²) in [5.74, 6) is 1.36. The zero-order valence-electron chi connectivity index (χ0n) is 16.4. The fourth-order valence-electron chi connectivity index (χ4n) is 4.36. The van der Waals surface area contributed by atoms with E-state index in [1.807, 2.05) is 35.2 Å². The van der Waals surface area contributed by atoms with Gasteiger partial charge in [-0.15, -0.1) is 12.4 Å². The van der Waals surface area contributed by atoms with Crippen LogP contribution in [0.3, 0.4) is 0 Å². The normalized spacial score (nSPS) is 19.5. The van der Waals surface area contributed by atoms with Gasteiger partial charge in [-0.1, -0.05) is 42.5 Å². The summed E-state index contributed by atoms with van der Waals surface area (Å²) in [7, 11) is 1.67. The van der Waals surface area contributed by atoms with Crippen LogP contribution < -0.4 is 10.1 Å². The van der Waals surface area contributed by atoms with Gasteiger partial charge < -0.3 is 15.0 Å². The van der Waals surface area contributed by atoms with Crippen molar-refractivity contribution in [2.75, 3.05) is 20.2 Å². The van der Waals surface area contributed by atoms with Gasteiger partial charge >= 0.3 is 0 Å². The van der Waals surface area contributed by atoms with Crippen LogP contribution >= 0.6 is 12.4 Å². The zero-order chi connectivity index (χ0) is 18.7. The molecule has 0 radical (unpaired) electrons. The molecule has 2 aromatic carbocycles. The molecule has 5 heteroatoms. The van der Waals surface area contributed by atoms with E-state index in [2.05, 4.69) is 29.6 Å². The molecule has 1 amide bonds. The molecule has 1 saturated heterocycles. The average Bonchev–Trinajstić information content (AvgIpc) is 3.41. The second-order valence-corrected chi connectivity index (χ2v) is 7.90. The molecule has 2 aromatic rings. The van der Waals surface area contributed by atoms with E-state index in [4.69, 9.17) is 4.74 Å². The number of carbonyl (C=O) groups excluding carboxylic acids is 1. The molecule has 0 bridgehead atoms. The monoisotopic (exact) mass is 400 g/mol. The van der Waals surface area contributed by atoms with E-state index in [0.717, 1.165) is 43.7 Å². The molecular formula is C23H29ClN2O2. The van der Waals surface area contributed by atoms with E-state index >= 15 is 0 Å². The highest BCUT2D eigenvalue weighted by atomic mass is 35.5. The lowest BCUT2D eigenvalue weighted by molar-refractivity contribution is -0.135. The highest BCUT2D eigenvalue weighted by Gasteiger charge is 2.58. The van der Waals surface area contributed by atoms with Gasteiger partial charge in [0, 0.05) is 19.0 Å². The Bertz CT molecular complexity index is 773. The Balaban J connectivity index is 0.00000225. The van der Waals surface area contributed by atoms with Crippen molar-refractivity contribution < 1.29 is 9.53 Å². The Morgan fingerprint density at radius 2 is 1.64 bits per heavy atom. The van der Waals surface area contributed by atoms with Crippen molar-refractivity contribution in [1.82, 2.24) is 10.2 Å². The van der Waals surface area contributed by atoms with Crippen molar-refractivity contribution >= 4 is 18.3 Å². The van der Waals surface area contributed by atoms with Crippen molar-refractivity contribution in [1.29, 1.82) is 0 Å². The summed E-state index contributed by atoms with van der Waals surface area (Å²) in [6, 6.07) is 18.3. The molecule has 1 spiro atoms. The molecule has 0 aromatic heterocycles. The molecule has 1 atom stereocenters. The quantitative estimate of drug-likeness (QED) is 0.795. The van der Waals surface area contributed by atoms with Crippen LogP contribution in [-0.4, -0.2) is 31.0 Å². The topological polar surface area (TPSA) is 41.6 Å². The number of benzene rings is 2. The first kappa shape index (κ1) is 20.7. The van der Waals surface area contributed by atoms with Gasteiger partial charge in [-0.05, 0) is 61.0 Å². The van der Waals surface area contributed by atoms with Crippen LogP contribution in [0.5, 0.6) is 5.75 Å². The molecule has 2 aliphatic rings. The number of hydrogen-bond acceptors (Lipinski definition) is 3. The Hall–Kier alpha value is -2.04. The maximum Gasteiger partial charge on any atom is 0.226 e. The molecule has 4 rings (SSSR count). The minimum atomic E-state index is 0. The first-order valence-electron chi connectivity index (χ1n) is 9.87. The van der Waals surface area contributed by atoms with Crippen LogP contribution in [0.15, 0.2) is 54.6 Å². The number of amides is 1. The summed E-state index contributed by atoms with van der Waals surface area (Å²) in [5.41, 5.74) is 2.58. The fourth-order valence-corrected chi connectivity index (χ4v) is 4.36. The zero-order valence-corrected chi connectivity index (χ0v) is 17.2. The van der Waals surface area contributed by atoms with Gasteiger partial charge in [0.15, 0.2) is 0 Å². The van der Waals surface area contributed by atoms with Crippen LogP contribution in [0.1, 0.15) is 30.4 Å². The lowest BCUT2D eigenvalue weighted by Crippen LogP contribution is -2.36. The lowest BCUT2D eigenvalue weighted by atomic mass is 9.91. The third-order valence-corrected chi connectivity index (χ3v) is 6.15. The van der Waals surface area contributed by atoms with Gasteiger partial charge in [0.25, 0.3) is 0 Å². The summed E-state index contributed by atoms with van der Waals surface area (Å²) in [5, 5.41) is 3.42. The minimum Gasteiger partial charge on any atom is -0.497 e. The summed E-state index contributed by atoms with van der Waals surface area (Å²) in [6.45, 7) is 3.39. The van der Waals surface area contributed by atoms with Crippen molar-refractivity contribution in [3.63, 3.8) is 0 Å². The van der Waals surface area contributed by atoms with Crippen LogP contribution in [0.2, 0.25) is 0 Å². The number of hydrogen-bond donors (Lipinski definition) is 1. The summed E-state index contributed by atoms with van der Waals surface area (Å²) >= 11 is 0. The molecule has 28 heavy (non-hydrogen) atoms. The van der Waals surface area contributed by atoms with Crippen molar-refractivity contribution in [2.24, 2.45) is 11.3 Å². The fraction of sp³-hybridized carbons (Fsp3) is 0.435. The molecule has 1 aliphatic carbocycles. The molecule has 1 saturated carbocycles. The Morgan fingerprint density at radius 3 is 2.25 bits per heavy atom. The van der Waals surface area contributed by atoms with Gasteiger partial charge in [-0.25, -0.2) is 0 Å². The number of piperidine rings is 1. The Labute approximate surface area is 173 Å². The van der Waals surface area contributed by atoms with E-state index in [1.165, 1.54) is 5.56 Å². The largest absolute Gasteiger partial charge is 0.497 e. The standard InChI is InChI=1S/C23H28N2O2.ClH/c1-27-20-9-7-19(8-10-20)17-25(16-18-5-3-2-4-6-18)22(26)21-15-23(21)11-13-24-14-12-23;/h2-10,21,24H,11-17H2,1H3;1H. The molecule has 150 valence electrons. The lowest BCUT2D eigenvalue weighted by Gasteiger charge is -2.27. The van der Waals surface area contributed by atoms with Gasteiger partial charge in [-0.2, -0.15) is 0 Å². The van der Waals surface area contributed by atoms with Gasteiger partial charge in [0.05, 0.1) is 7.11 Å². The van der Waals surface area contributed by atoms with E-state index in [-0.39, 0.29) is 23.7 Å². The predicted octanol–water partition coefficient (Wildman–Crippen LogP) is 4.04. The number of nitrogens with zero attached hydrogens (tertiary/aromatic N) is 1. The molecular weight excluding hydrogens is 372 g/mol. The summed E-state index contributed by atoms with van der Waals surface area (Å²) in [4.78, 5) is 15.4. The summed E-state index contributed by atoms with van der Waals surface area (Å²) in [6.07, 6.45) is 3.32. The van der Waals surface area contributed by atoms with E-state index in [0.29, 0.717) is 19.0 Å². The Kier molecular flexibility index (Phi) is 6.63. The maximum absolute atomic E-state index is 13.4. The van der Waals surface area contributed by atoms with Crippen LogP contribution in [0, 0.1) is 11.3 Å². The number of methoxy groups -OCH3 is 1. The SMILES string of the molecule is COc1ccc(CN(Cc2ccccc2)C(=O)C2CC23CCNCC3)cc1.Cl. The second kappa shape index (κ2) is 8.97. The van der Waals surface area contributed by atoms with E-state index < -0.39 is 0 Å². The van der Waals surface area contributed by atoms with Crippen LogP contribution in [0.25, 0.3) is 0 Å². The molecule has 1 unspecified atom stereocenters. The van der Waals surface area contributed by atoms with Gasteiger partial charge in [0.1, 0.15) is 5.75 Å². The first-order valence-corrected chi connectivity index (χ1v) is 9.87. The van der Waals surface area contributed by atoms with Gasteiger partial charge in [-0.3, -0.25) is 4.79 Å². The number of rotatable bonds is 6. The average molecular weight is 401 g/mol. The highest BCUT2D eigenvalue weighted by molar-refractivity contribution is 5.85. The molecule has 1 heterocycles. The van der Waals surface area contributed by atoms with Crippen molar-refractivity contribution in [3.05, 3.63) is 65.7 Å². The summed E-state index contributed by atoms with van der Waals surface area (Å²) < 4.78 is 5.25. The Morgan fingerprint density at radius 1 is 1.04 bits per heavy atom. The van der Waals surface area contributed by atoms with Gasteiger partial charge in [0.2, 0.25) is 5.91 Å². The van der Waals surface area contributed by atoms with Crippen molar-refractivity contribution in [2.45, 2.75) is 32.4 Å². The third kappa shape index (κ3) is 4.50. The number of halogens is 1. The number of ether oxygens (including phenoxy) is 1. The number of carbonyl (C=O) groups is 1. The van der Waals surface area contributed by atoms with E-state index in [9.17, 15) is 4.79 Å². The number of nitrogens with one attached hydrogen (secondary N) is 1. The highest BCUT2D eigenvalue weighted by Crippen LogP contribution is 2.59. The third-order valence-electron chi connectivity index (χ3n) is 6.15. The minimum absolute atomic E-state index is 0. The molecule has 4 nitrogen and oxygen atoms in total. The van der Waals surface area contributed by atoms with Crippen molar-refractivity contribution in [3.8, 4) is 5.75 Å². The molecule has 1 N–H and O–H groups in total. The maximum atomic E-state index is 13.4. The van der Waals surface area contributed by atoms with Crippen LogP contribution in [-0.2, 0) is 17.9 Å². The molecule has 2 fully saturated rings. The smallest absolute Gasteiger partial charge is 0.226 e. The first-order chi connectivity index (χ1) is 13.2. The predicted molar refractivity (Wildman–Crippen MR) is 114 cm³/mol. The second-order valence-electron chi connectivity index (χ2n) is 7.90.